The van der Waals surface area contributed by atoms with Gasteiger partial charge < -0.3 is 5.21 Å². The lowest BCUT2D eigenvalue weighted by Crippen LogP contribution is -2.17. The molecule has 0 aromatic carbocycles. The summed E-state index contributed by atoms with van der Waals surface area (Å²) in [5.74, 6) is 1.18. The fraction of sp³-hybridized carbons (Fsp3) is 0.933. The van der Waals surface area contributed by atoms with E-state index in [0.717, 1.165) is 5.71 Å². The van der Waals surface area contributed by atoms with E-state index >= 15 is 0 Å². The van der Waals surface area contributed by atoms with Crippen molar-refractivity contribution in [3.8, 4) is 0 Å². The first-order valence-corrected chi connectivity index (χ1v) is 7.55. The second-order valence-electron chi connectivity index (χ2n) is 5.49. The molecular formula is C15H29NO. The Morgan fingerprint density at radius 3 is 2.24 bits per heavy atom. The van der Waals surface area contributed by atoms with Gasteiger partial charge in [-0.15, -0.1) is 0 Å². The number of hydrogen-bond acceptors (Lipinski definition) is 2. The maximum absolute atomic E-state index is 9.20. The van der Waals surface area contributed by atoms with E-state index in [9.17, 15) is 5.21 Å². The Kier molecular flexibility index (Phi) is 7.30. The van der Waals surface area contributed by atoms with Crippen LogP contribution in [0, 0.1) is 11.8 Å². The van der Waals surface area contributed by atoms with Crippen molar-refractivity contribution in [2.45, 2.75) is 78.1 Å². The summed E-state index contributed by atoms with van der Waals surface area (Å²) in [5, 5.41) is 12.8. The predicted molar refractivity (Wildman–Crippen MR) is 73.7 cm³/mol. The van der Waals surface area contributed by atoms with Crippen LogP contribution in [-0.4, -0.2) is 10.9 Å². The van der Waals surface area contributed by atoms with Gasteiger partial charge in [0.2, 0.25) is 0 Å². The first kappa shape index (κ1) is 14.5. The molecule has 0 aromatic rings. The van der Waals surface area contributed by atoms with E-state index in [4.69, 9.17) is 0 Å². The third-order valence-corrected chi connectivity index (χ3v) is 3.84. The molecule has 1 unspecified atom stereocenters. The number of oxime groups is 1. The minimum absolute atomic E-state index is 0.560. The van der Waals surface area contributed by atoms with Crippen molar-refractivity contribution < 1.29 is 5.21 Å². The van der Waals surface area contributed by atoms with Gasteiger partial charge in [-0.2, -0.15) is 0 Å². The van der Waals surface area contributed by atoms with Crippen LogP contribution in [-0.2, 0) is 0 Å². The number of nitrogens with zero attached hydrogens (tertiary/aromatic N) is 1. The van der Waals surface area contributed by atoms with Gasteiger partial charge in [0.25, 0.3) is 0 Å². The number of unbranched alkanes of at least 4 members (excludes halogenated alkanes) is 4. The van der Waals surface area contributed by atoms with E-state index in [-0.39, 0.29) is 0 Å². The molecule has 0 heterocycles. The first-order valence-electron chi connectivity index (χ1n) is 7.55. The van der Waals surface area contributed by atoms with Crippen LogP contribution in [0.2, 0.25) is 0 Å². The van der Waals surface area contributed by atoms with Gasteiger partial charge >= 0.3 is 0 Å². The van der Waals surface area contributed by atoms with Crippen molar-refractivity contribution in [3.63, 3.8) is 0 Å². The second kappa shape index (κ2) is 8.54. The Balaban J connectivity index is 2.35. The fourth-order valence-corrected chi connectivity index (χ4v) is 2.58. The van der Waals surface area contributed by atoms with Crippen molar-refractivity contribution in [1.82, 2.24) is 0 Å². The molecule has 0 spiro atoms. The van der Waals surface area contributed by atoms with Crippen LogP contribution in [0.3, 0.4) is 0 Å². The molecule has 0 aliphatic heterocycles. The average Bonchev–Trinajstić information content (AvgIpc) is 3.16. The number of hydrogen-bond donors (Lipinski definition) is 1. The topological polar surface area (TPSA) is 32.6 Å². The maximum Gasteiger partial charge on any atom is 0.0632 e. The molecule has 1 rings (SSSR count). The molecule has 100 valence electrons. The standard InChI is InChI=1S/C15H29NO/c1-3-5-7-8-10-13(9-6-4-2)15(16-17)14-11-12-14/h13-14,17H,3-12H2,1-2H3/b16-15-. The Morgan fingerprint density at radius 1 is 1.06 bits per heavy atom. The van der Waals surface area contributed by atoms with Crippen LogP contribution in [0.25, 0.3) is 0 Å². The zero-order valence-electron chi connectivity index (χ0n) is 11.6. The third kappa shape index (κ3) is 5.56. The normalized spacial score (nSPS) is 18.4. The molecule has 1 N–H and O–H groups in total. The smallest absolute Gasteiger partial charge is 0.0632 e. The Labute approximate surface area is 106 Å². The van der Waals surface area contributed by atoms with Crippen molar-refractivity contribution >= 4 is 5.71 Å². The molecule has 0 saturated heterocycles. The van der Waals surface area contributed by atoms with Crippen LogP contribution in [0.5, 0.6) is 0 Å². The monoisotopic (exact) mass is 239 g/mol. The maximum atomic E-state index is 9.20. The van der Waals surface area contributed by atoms with E-state index in [2.05, 4.69) is 19.0 Å². The lowest BCUT2D eigenvalue weighted by molar-refractivity contribution is 0.309. The molecule has 0 aromatic heterocycles. The largest absolute Gasteiger partial charge is 0.411 e. The van der Waals surface area contributed by atoms with E-state index in [0.29, 0.717) is 11.8 Å². The average molecular weight is 239 g/mol. The highest BCUT2D eigenvalue weighted by Gasteiger charge is 2.32. The van der Waals surface area contributed by atoms with Crippen molar-refractivity contribution in [3.05, 3.63) is 0 Å². The Bertz CT molecular complexity index is 221. The van der Waals surface area contributed by atoms with Gasteiger partial charge in [-0.25, -0.2) is 0 Å². The molecule has 1 aliphatic rings. The summed E-state index contributed by atoms with van der Waals surface area (Å²) in [6, 6.07) is 0. The zero-order chi connectivity index (χ0) is 12.5. The molecule has 1 atom stereocenters. The summed E-state index contributed by atoms with van der Waals surface area (Å²) >= 11 is 0. The summed E-state index contributed by atoms with van der Waals surface area (Å²) in [6.07, 6.45) is 12.7. The molecule has 2 nitrogen and oxygen atoms in total. The lowest BCUT2D eigenvalue weighted by Gasteiger charge is -2.17. The van der Waals surface area contributed by atoms with E-state index in [1.165, 1.54) is 64.2 Å². The van der Waals surface area contributed by atoms with Gasteiger partial charge in [-0.3, -0.25) is 0 Å². The van der Waals surface area contributed by atoms with Crippen LogP contribution >= 0.6 is 0 Å². The van der Waals surface area contributed by atoms with Crippen LogP contribution < -0.4 is 0 Å². The summed E-state index contributed by atoms with van der Waals surface area (Å²) in [4.78, 5) is 0. The van der Waals surface area contributed by atoms with Gasteiger partial charge in [0.05, 0.1) is 5.71 Å². The van der Waals surface area contributed by atoms with Crippen LogP contribution in [0.1, 0.15) is 78.1 Å². The van der Waals surface area contributed by atoms with Crippen molar-refractivity contribution in [1.29, 1.82) is 0 Å². The molecule has 1 fully saturated rings. The summed E-state index contributed by atoms with van der Waals surface area (Å²) in [5.41, 5.74) is 1.12. The zero-order valence-corrected chi connectivity index (χ0v) is 11.6. The van der Waals surface area contributed by atoms with Crippen molar-refractivity contribution in [2.75, 3.05) is 0 Å². The predicted octanol–water partition coefficient (Wildman–Crippen LogP) is 5.00. The SMILES string of the molecule is CCCCCCC(CCCC)/C(=N/O)C1CC1. The highest BCUT2D eigenvalue weighted by molar-refractivity contribution is 5.90. The summed E-state index contributed by atoms with van der Waals surface area (Å²) < 4.78 is 0. The highest BCUT2D eigenvalue weighted by atomic mass is 16.4. The molecule has 0 radical (unpaired) electrons. The Morgan fingerprint density at radius 2 is 1.71 bits per heavy atom. The minimum atomic E-state index is 0.560. The van der Waals surface area contributed by atoms with Gasteiger partial charge in [0.15, 0.2) is 0 Å². The van der Waals surface area contributed by atoms with E-state index in [1.54, 1.807) is 0 Å². The second-order valence-corrected chi connectivity index (χ2v) is 5.49. The third-order valence-electron chi connectivity index (χ3n) is 3.84. The number of rotatable bonds is 10. The molecule has 1 saturated carbocycles. The molecule has 2 heteroatoms. The van der Waals surface area contributed by atoms with E-state index in [1.807, 2.05) is 0 Å². The molecule has 17 heavy (non-hydrogen) atoms. The Hall–Kier alpha value is -0.530. The van der Waals surface area contributed by atoms with Gasteiger partial charge in [-0.05, 0) is 25.7 Å². The molecule has 0 amide bonds. The summed E-state index contributed by atoms with van der Waals surface area (Å²) in [6.45, 7) is 4.49. The van der Waals surface area contributed by atoms with Gasteiger partial charge in [0.1, 0.15) is 0 Å². The van der Waals surface area contributed by atoms with Crippen LogP contribution in [0.4, 0.5) is 0 Å². The first-order chi connectivity index (χ1) is 8.33. The van der Waals surface area contributed by atoms with Crippen LogP contribution in [0.15, 0.2) is 5.16 Å². The van der Waals surface area contributed by atoms with E-state index < -0.39 is 0 Å². The van der Waals surface area contributed by atoms with Crippen molar-refractivity contribution in [2.24, 2.45) is 17.0 Å². The summed E-state index contributed by atoms with van der Waals surface area (Å²) in [7, 11) is 0. The fourth-order valence-electron chi connectivity index (χ4n) is 2.58. The molecule has 0 bridgehead atoms. The molecule has 1 aliphatic carbocycles. The lowest BCUT2D eigenvalue weighted by atomic mass is 9.88. The quantitative estimate of drug-likeness (QED) is 0.247. The molecular weight excluding hydrogens is 210 g/mol. The van der Waals surface area contributed by atoms with Gasteiger partial charge in [0, 0.05) is 11.8 Å². The van der Waals surface area contributed by atoms with Gasteiger partial charge in [-0.1, -0.05) is 57.5 Å². The highest BCUT2D eigenvalue weighted by Crippen LogP contribution is 2.36. The minimum Gasteiger partial charge on any atom is -0.411 e.